The molecule has 0 fully saturated rings. The van der Waals surface area contributed by atoms with E-state index in [1.54, 1.807) is 7.11 Å². The van der Waals surface area contributed by atoms with Crippen molar-refractivity contribution in [3.8, 4) is 5.75 Å². The second kappa shape index (κ2) is 13.8. The lowest BCUT2D eigenvalue weighted by Gasteiger charge is -2.26. The second-order valence-electron chi connectivity index (χ2n) is 9.68. The molecule has 4 heteroatoms. The fraction of sp³-hybridized carbons (Fsp3) is 0.615. The lowest BCUT2D eigenvalue weighted by atomic mass is 10.0. The van der Waals surface area contributed by atoms with Crippen LogP contribution >= 0.6 is 0 Å². The second-order valence-corrected chi connectivity index (χ2v) is 15.3. The van der Waals surface area contributed by atoms with E-state index in [0.29, 0.717) is 6.61 Å². The average Bonchev–Trinajstić information content (AvgIpc) is 2.68. The molecule has 0 bridgehead atoms. The normalized spacial score (nSPS) is 14.4. The first-order valence-corrected chi connectivity index (χ1v) is 15.0. The van der Waals surface area contributed by atoms with Gasteiger partial charge in [0.1, 0.15) is 5.75 Å². The van der Waals surface area contributed by atoms with Crippen molar-refractivity contribution in [3.63, 3.8) is 0 Å². The van der Waals surface area contributed by atoms with Crippen LogP contribution in [0.4, 0.5) is 0 Å². The third-order valence-corrected chi connectivity index (χ3v) is 6.96. The number of benzene rings is 1. The SMILES string of the molecule is C=C(C)CCC/C(C)=C\C[C@H](OCC[Si](C)(C)C)[C@@H](C)OCc1ccc(OC)cc1. The van der Waals surface area contributed by atoms with Gasteiger partial charge >= 0.3 is 0 Å². The predicted molar refractivity (Wildman–Crippen MR) is 132 cm³/mol. The summed E-state index contributed by atoms with van der Waals surface area (Å²) in [5.74, 6) is 0.867. The molecule has 0 aliphatic carbocycles. The van der Waals surface area contributed by atoms with E-state index in [-0.39, 0.29) is 12.2 Å². The number of hydrogen-bond donors (Lipinski definition) is 0. The van der Waals surface area contributed by atoms with E-state index in [0.717, 1.165) is 37.2 Å². The van der Waals surface area contributed by atoms with Crippen LogP contribution in [0.2, 0.25) is 25.7 Å². The van der Waals surface area contributed by atoms with Gasteiger partial charge in [0.25, 0.3) is 0 Å². The highest BCUT2D eigenvalue weighted by Gasteiger charge is 2.20. The van der Waals surface area contributed by atoms with Gasteiger partial charge in [0.15, 0.2) is 0 Å². The van der Waals surface area contributed by atoms with Crippen molar-refractivity contribution in [1.29, 1.82) is 0 Å². The molecule has 1 aromatic rings. The zero-order valence-electron chi connectivity index (χ0n) is 20.4. The van der Waals surface area contributed by atoms with E-state index < -0.39 is 8.07 Å². The maximum atomic E-state index is 6.33. The zero-order valence-corrected chi connectivity index (χ0v) is 21.4. The molecule has 30 heavy (non-hydrogen) atoms. The van der Waals surface area contributed by atoms with Gasteiger partial charge in [-0.2, -0.15) is 0 Å². The molecule has 2 atom stereocenters. The number of hydrogen-bond acceptors (Lipinski definition) is 3. The van der Waals surface area contributed by atoms with Crippen LogP contribution in [-0.4, -0.2) is 34.0 Å². The van der Waals surface area contributed by atoms with Crippen molar-refractivity contribution in [3.05, 3.63) is 53.6 Å². The number of ether oxygens (including phenoxy) is 3. The predicted octanol–water partition coefficient (Wildman–Crippen LogP) is 7.41. The van der Waals surface area contributed by atoms with E-state index in [4.69, 9.17) is 14.2 Å². The Balaban J connectivity index is 2.63. The Hall–Kier alpha value is -1.36. The Morgan fingerprint density at radius 2 is 1.73 bits per heavy atom. The van der Waals surface area contributed by atoms with Crippen LogP contribution in [0.15, 0.2) is 48.1 Å². The Labute approximate surface area is 186 Å². The standard InChI is InChI=1S/C26H44O3Si/c1-21(2)10-9-11-22(3)12-17-26(28-18-19-30(6,7)8)23(4)29-20-24-13-15-25(27-5)16-14-24/h12-16,23,26H,1,9-11,17-20H2,2-8H3/b22-12-/t23-,26+/m1/s1. The minimum absolute atomic E-state index is 0.0354. The molecular weight excluding hydrogens is 388 g/mol. The third-order valence-electron chi connectivity index (χ3n) is 5.25. The summed E-state index contributed by atoms with van der Waals surface area (Å²) < 4.78 is 17.8. The summed E-state index contributed by atoms with van der Waals surface area (Å²) in [6.45, 7) is 19.0. The van der Waals surface area contributed by atoms with Crippen LogP contribution < -0.4 is 4.74 Å². The maximum absolute atomic E-state index is 6.33. The van der Waals surface area contributed by atoms with Crippen LogP contribution in [0.3, 0.4) is 0 Å². The third kappa shape index (κ3) is 12.4. The first-order chi connectivity index (χ1) is 14.1. The van der Waals surface area contributed by atoms with E-state index in [1.807, 2.05) is 12.1 Å². The molecule has 0 aliphatic rings. The van der Waals surface area contributed by atoms with E-state index in [9.17, 15) is 0 Å². The minimum atomic E-state index is -1.11. The molecular formula is C26H44O3Si. The molecule has 170 valence electrons. The molecule has 3 nitrogen and oxygen atoms in total. The number of methoxy groups -OCH3 is 1. The molecule has 0 saturated carbocycles. The van der Waals surface area contributed by atoms with Crippen LogP contribution in [0.1, 0.15) is 52.0 Å². The first kappa shape index (κ1) is 26.7. The summed E-state index contributed by atoms with van der Waals surface area (Å²) in [7, 11) is 0.571. The molecule has 0 N–H and O–H groups in total. The minimum Gasteiger partial charge on any atom is -0.497 e. The zero-order chi connectivity index (χ0) is 22.6. The van der Waals surface area contributed by atoms with Gasteiger partial charge in [-0.3, -0.25) is 0 Å². The fourth-order valence-electron chi connectivity index (χ4n) is 3.06. The molecule has 1 rings (SSSR count). The Morgan fingerprint density at radius 3 is 2.30 bits per heavy atom. The van der Waals surface area contributed by atoms with Gasteiger partial charge in [-0.15, -0.1) is 6.58 Å². The Bertz CT molecular complexity index is 643. The highest BCUT2D eigenvalue weighted by atomic mass is 28.3. The Morgan fingerprint density at radius 1 is 1.07 bits per heavy atom. The molecule has 0 radical (unpaired) electrons. The van der Waals surface area contributed by atoms with Crippen LogP contribution in [0.25, 0.3) is 0 Å². The van der Waals surface area contributed by atoms with Crippen molar-refractivity contribution in [2.24, 2.45) is 0 Å². The summed E-state index contributed by atoms with van der Waals surface area (Å²) in [6.07, 6.45) is 6.74. The smallest absolute Gasteiger partial charge is 0.118 e. The van der Waals surface area contributed by atoms with Gasteiger partial charge in [0, 0.05) is 14.7 Å². The number of allylic oxidation sites excluding steroid dienone is 2. The van der Waals surface area contributed by atoms with Gasteiger partial charge in [-0.1, -0.05) is 49.0 Å². The summed E-state index contributed by atoms with van der Waals surface area (Å²) in [6, 6.07) is 9.23. The molecule has 0 aromatic heterocycles. The van der Waals surface area contributed by atoms with Gasteiger partial charge in [0.2, 0.25) is 0 Å². The molecule has 0 amide bonds. The molecule has 0 heterocycles. The van der Waals surface area contributed by atoms with Crippen LogP contribution in [0, 0.1) is 0 Å². The molecule has 0 saturated heterocycles. The largest absolute Gasteiger partial charge is 0.497 e. The van der Waals surface area contributed by atoms with Gasteiger partial charge < -0.3 is 14.2 Å². The van der Waals surface area contributed by atoms with Crippen molar-refractivity contribution in [2.75, 3.05) is 13.7 Å². The van der Waals surface area contributed by atoms with E-state index in [2.05, 4.69) is 65.2 Å². The van der Waals surface area contributed by atoms with Crippen molar-refractivity contribution in [2.45, 2.75) is 91.0 Å². The van der Waals surface area contributed by atoms with Crippen molar-refractivity contribution < 1.29 is 14.2 Å². The van der Waals surface area contributed by atoms with Gasteiger partial charge in [-0.05, 0) is 70.2 Å². The van der Waals surface area contributed by atoms with Crippen molar-refractivity contribution >= 4 is 8.07 Å². The van der Waals surface area contributed by atoms with Gasteiger partial charge in [0.05, 0.1) is 25.9 Å². The lowest BCUT2D eigenvalue weighted by Crippen LogP contribution is -2.31. The van der Waals surface area contributed by atoms with Crippen LogP contribution in [0.5, 0.6) is 5.75 Å². The molecule has 0 aliphatic heterocycles. The average molecular weight is 433 g/mol. The fourth-order valence-corrected chi connectivity index (χ4v) is 3.79. The summed E-state index contributed by atoms with van der Waals surface area (Å²) in [4.78, 5) is 0. The summed E-state index contributed by atoms with van der Waals surface area (Å²) in [5, 5.41) is 0. The monoisotopic (exact) mass is 432 g/mol. The summed E-state index contributed by atoms with van der Waals surface area (Å²) in [5.41, 5.74) is 3.84. The summed E-state index contributed by atoms with van der Waals surface area (Å²) >= 11 is 0. The maximum Gasteiger partial charge on any atom is 0.118 e. The quantitative estimate of drug-likeness (QED) is 0.213. The highest BCUT2D eigenvalue weighted by molar-refractivity contribution is 6.76. The molecule has 0 unspecified atom stereocenters. The first-order valence-electron chi connectivity index (χ1n) is 11.3. The van der Waals surface area contributed by atoms with E-state index >= 15 is 0 Å². The van der Waals surface area contributed by atoms with Crippen LogP contribution in [-0.2, 0) is 16.1 Å². The number of rotatable bonds is 15. The van der Waals surface area contributed by atoms with Crippen molar-refractivity contribution in [1.82, 2.24) is 0 Å². The Kier molecular flexibility index (Phi) is 12.3. The lowest BCUT2D eigenvalue weighted by molar-refractivity contribution is -0.0664. The topological polar surface area (TPSA) is 27.7 Å². The van der Waals surface area contributed by atoms with E-state index in [1.165, 1.54) is 23.6 Å². The highest BCUT2D eigenvalue weighted by Crippen LogP contribution is 2.19. The van der Waals surface area contributed by atoms with Gasteiger partial charge in [-0.25, -0.2) is 0 Å². The molecule has 0 spiro atoms. The molecule has 1 aromatic carbocycles.